The van der Waals surface area contributed by atoms with Crippen molar-refractivity contribution in [2.75, 3.05) is 6.61 Å². The first-order valence-corrected chi connectivity index (χ1v) is 10.9. The van der Waals surface area contributed by atoms with E-state index in [9.17, 15) is 14.5 Å². The van der Waals surface area contributed by atoms with Gasteiger partial charge in [-0.05, 0) is 6.42 Å². The highest BCUT2D eigenvalue weighted by atomic mass is 31.2. The monoisotopic (exact) mass is 382 g/mol. The van der Waals surface area contributed by atoms with Gasteiger partial charge in [0, 0.05) is 6.42 Å². The Morgan fingerprint density at radius 3 is 1.76 bits per heavy atom. The Hall–Kier alpha value is -0.300. The third-order valence-corrected chi connectivity index (χ3v) is 4.63. The first-order chi connectivity index (χ1) is 11.8. The van der Waals surface area contributed by atoms with Crippen LogP contribution in [0.4, 0.5) is 0 Å². The lowest BCUT2D eigenvalue weighted by Crippen LogP contribution is -2.38. The van der Waals surface area contributed by atoms with Gasteiger partial charge in [-0.1, -0.05) is 71.1 Å². The van der Waals surface area contributed by atoms with Gasteiger partial charge in [-0.15, -0.1) is 0 Å². The third kappa shape index (κ3) is 14.5. The Kier molecular flexibility index (Phi) is 14.6. The zero-order valence-electron chi connectivity index (χ0n) is 15.3. The summed E-state index contributed by atoms with van der Waals surface area (Å²) in [5, 5.41) is 18.4. The molecule has 25 heavy (non-hydrogen) atoms. The summed E-state index contributed by atoms with van der Waals surface area (Å²) in [6, 6.07) is 0. The van der Waals surface area contributed by atoms with Crippen molar-refractivity contribution in [1.29, 1.82) is 0 Å². The van der Waals surface area contributed by atoms with Crippen molar-refractivity contribution in [3.05, 3.63) is 0 Å². The van der Waals surface area contributed by atoms with E-state index < -0.39 is 32.4 Å². The molecule has 4 N–H and O–H groups in total. The van der Waals surface area contributed by atoms with Crippen LogP contribution in [0.5, 0.6) is 0 Å². The van der Waals surface area contributed by atoms with Gasteiger partial charge in [0.25, 0.3) is 0 Å². The molecule has 0 heterocycles. The quantitative estimate of drug-likeness (QED) is 0.225. The molecule has 7 nitrogen and oxygen atoms in total. The molecule has 0 aliphatic heterocycles. The summed E-state index contributed by atoms with van der Waals surface area (Å²) in [6.45, 7) is 1.41. The second kappa shape index (κ2) is 14.8. The van der Waals surface area contributed by atoms with Gasteiger partial charge in [-0.2, -0.15) is 0 Å². The van der Waals surface area contributed by atoms with Crippen molar-refractivity contribution in [3.8, 4) is 0 Å². The number of carbonyl (C=O) groups is 1. The topological polar surface area (TPSA) is 124 Å². The van der Waals surface area contributed by atoms with Crippen LogP contribution in [-0.4, -0.2) is 44.6 Å². The number of Topliss-reactive ketones (excluding diaryl/α,β-unsaturated/α-hetero) is 1. The fourth-order valence-corrected chi connectivity index (χ4v) is 3.25. The maximum atomic E-state index is 11.9. The second-order valence-corrected chi connectivity index (χ2v) is 7.71. The lowest BCUT2D eigenvalue weighted by Gasteiger charge is -2.20. The number of rotatable bonds is 17. The fraction of sp³-hybridized carbons (Fsp3) is 0.941. The van der Waals surface area contributed by atoms with E-state index in [4.69, 9.17) is 14.9 Å². The van der Waals surface area contributed by atoms with Gasteiger partial charge in [0.1, 0.15) is 6.10 Å². The molecule has 0 saturated heterocycles. The molecular formula is C17H35O7P. The molecule has 0 radical (unpaired) electrons. The SMILES string of the molecule is CCCCCCCCCCCCCC(=O)C(OP(=O)(O)O)[C@@H](O)CO. The Balaban J connectivity index is 3.80. The molecule has 0 aromatic rings. The van der Waals surface area contributed by atoms with Crippen LogP contribution in [0.3, 0.4) is 0 Å². The molecule has 0 aliphatic carbocycles. The van der Waals surface area contributed by atoms with Crippen LogP contribution in [0, 0.1) is 0 Å². The lowest BCUT2D eigenvalue weighted by atomic mass is 10.0. The van der Waals surface area contributed by atoms with Gasteiger partial charge in [-0.3, -0.25) is 9.32 Å². The number of aliphatic hydroxyl groups is 2. The van der Waals surface area contributed by atoms with E-state index in [1.807, 2.05) is 0 Å². The predicted octanol–water partition coefficient (Wildman–Crippen LogP) is 3.09. The molecule has 0 fully saturated rings. The fourth-order valence-electron chi connectivity index (χ4n) is 2.69. The van der Waals surface area contributed by atoms with Crippen LogP contribution in [0.2, 0.25) is 0 Å². The minimum absolute atomic E-state index is 0.0682. The standard InChI is InChI=1S/C17H35O7P/c1-2-3-4-5-6-7-8-9-10-11-12-13-15(19)17(16(20)14-18)24-25(21,22)23/h16-18,20H,2-14H2,1H3,(H2,21,22,23)/t16-,17?/m0/s1. The van der Waals surface area contributed by atoms with Crippen molar-refractivity contribution in [2.45, 2.75) is 96.2 Å². The minimum Gasteiger partial charge on any atom is -0.394 e. The Bertz CT molecular complexity index is 383. The molecule has 0 saturated carbocycles. The summed E-state index contributed by atoms with van der Waals surface area (Å²) in [7, 11) is -4.90. The number of ketones is 1. The molecule has 150 valence electrons. The van der Waals surface area contributed by atoms with Gasteiger partial charge in [0.15, 0.2) is 11.9 Å². The number of hydrogen-bond donors (Lipinski definition) is 4. The number of aliphatic hydroxyl groups excluding tert-OH is 2. The Labute approximate surface area is 151 Å². The van der Waals surface area contributed by atoms with Crippen LogP contribution in [0.15, 0.2) is 0 Å². The van der Waals surface area contributed by atoms with Gasteiger partial charge >= 0.3 is 7.82 Å². The maximum Gasteiger partial charge on any atom is 0.470 e. The number of carbonyl (C=O) groups excluding carboxylic acids is 1. The molecule has 0 spiro atoms. The minimum atomic E-state index is -4.90. The molecule has 0 aromatic carbocycles. The van der Waals surface area contributed by atoms with E-state index in [0.717, 1.165) is 19.3 Å². The summed E-state index contributed by atoms with van der Waals surface area (Å²) in [6.07, 6.45) is 9.19. The van der Waals surface area contributed by atoms with Crippen LogP contribution in [-0.2, 0) is 13.9 Å². The summed E-state index contributed by atoms with van der Waals surface area (Å²) in [4.78, 5) is 29.5. The highest BCUT2D eigenvalue weighted by molar-refractivity contribution is 7.46. The Morgan fingerprint density at radius 1 is 0.920 bits per heavy atom. The molecule has 0 bridgehead atoms. The molecule has 0 amide bonds. The molecule has 0 rings (SSSR count). The molecule has 8 heteroatoms. The van der Waals surface area contributed by atoms with Gasteiger partial charge in [0.2, 0.25) is 0 Å². The van der Waals surface area contributed by atoms with Crippen LogP contribution in [0.1, 0.15) is 84.0 Å². The van der Waals surface area contributed by atoms with E-state index in [-0.39, 0.29) is 6.42 Å². The summed E-state index contributed by atoms with van der Waals surface area (Å²) >= 11 is 0. The summed E-state index contributed by atoms with van der Waals surface area (Å²) in [5.41, 5.74) is 0. The van der Waals surface area contributed by atoms with Crippen molar-refractivity contribution in [1.82, 2.24) is 0 Å². The van der Waals surface area contributed by atoms with E-state index >= 15 is 0 Å². The Morgan fingerprint density at radius 2 is 1.36 bits per heavy atom. The number of unbranched alkanes of at least 4 members (excludes halogenated alkanes) is 10. The molecular weight excluding hydrogens is 347 g/mol. The van der Waals surface area contributed by atoms with E-state index in [2.05, 4.69) is 11.4 Å². The zero-order chi connectivity index (χ0) is 19.1. The molecule has 0 aliphatic rings. The highest BCUT2D eigenvalue weighted by Gasteiger charge is 2.33. The largest absolute Gasteiger partial charge is 0.470 e. The highest BCUT2D eigenvalue weighted by Crippen LogP contribution is 2.38. The van der Waals surface area contributed by atoms with Gasteiger partial charge < -0.3 is 20.0 Å². The average molecular weight is 382 g/mol. The summed E-state index contributed by atoms with van der Waals surface area (Å²) < 4.78 is 15.2. The molecule has 0 aromatic heterocycles. The first kappa shape index (κ1) is 24.7. The second-order valence-electron chi connectivity index (χ2n) is 6.52. The first-order valence-electron chi connectivity index (χ1n) is 9.37. The van der Waals surface area contributed by atoms with E-state index in [0.29, 0.717) is 6.42 Å². The van der Waals surface area contributed by atoms with Crippen molar-refractivity contribution >= 4 is 13.6 Å². The van der Waals surface area contributed by atoms with Crippen molar-refractivity contribution < 1.29 is 33.9 Å². The maximum absolute atomic E-state index is 11.9. The number of phosphoric acid groups is 1. The van der Waals surface area contributed by atoms with E-state index in [1.54, 1.807) is 0 Å². The van der Waals surface area contributed by atoms with Gasteiger partial charge in [0.05, 0.1) is 6.61 Å². The van der Waals surface area contributed by atoms with E-state index in [1.165, 1.54) is 44.9 Å². The third-order valence-electron chi connectivity index (χ3n) is 4.13. The number of hydrogen-bond acceptors (Lipinski definition) is 5. The van der Waals surface area contributed by atoms with Crippen LogP contribution in [0.25, 0.3) is 0 Å². The van der Waals surface area contributed by atoms with Gasteiger partial charge in [-0.25, -0.2) is 4.57 Å². The normalized spacial score (nSPS) is 14.4. The zero-order valence-corrected chi connectivity index (χ0v) is 16.2. The predicted molar refractivity (Wildman–Crippen MR) is 96.1 cm³/mol. The van der Waals surface area contributed by atoms with Crippen LogP contribution < -0.4 is 0 Å². The summed E-state index contributed by atoms with van der Waals surface area (Å²) in [5.74, 6) is -0.596. The average Bonchev–Trinajstić information content (AvgIpc) is 2.55. The molecule has 1 unspecified atom stereocenters. The molecule has 2 atom stereocenters. The van der Waals surface area contributed by atoms with Crippen molar-refractivity contribution in [2.24, 2.45) is 0 Å². The van der Waals surface area contributed by atoms with Crippen molar-refractivity contribution in [3.63, 3.8) is 0 Å². The smallest absolute Gasteiger partial charge is 0.394 e. The van der Waals surface area contributed by atoms with Crippen LogP contribution >= 0.6 is 7.82 Å². The number of phosphoric ester groups is 1. The lowest BCUT2D eigenvalue weighted by molar-refractivity contribution is -0.133.